The Balaban J connectivity index is 1.81. The number of amides is 2. The van der Waals surface area contributed by atoms with Gasteiger partial charge in [-0.2, -0.15) is 8.42 Å². The molecule has 28 heavy (non-hydrogen) atoms. The van der Waals surface area contributed by atoms with Crippen LogP contribution in [0.4, 0.5) is 0 Å². The molecule has 0 atom stereocenters. The number of carbonyl (C=O) groups excluding carboxylic acids is 2. The molecule has 0 spiro atoms. The largest absolute Gasteiger partial charge is 0.497 e. The minimum Gasteiger partial charge on any atom is -0.497 e. The number of ether oxygens (including phenoxy) is 1. The number of benzene rings is 3. The number of rotatable bonds is 4. The molecule has 0 radical (unpaired) electrons. The fraction of sp³-hybridized carbons (Fsp3) is 0.0526. The van der Waals surface area contributed by atoms with Gasteiger partial charge in [0, 0.05) is 10.4 Å². The zero-order chi connectivity index (χ0) is 20.1. The normalized spacial score (nSPS) is 13.9. The quantitative estimate of drug-likeness (QED) is 0.604. The second-order valence-electron chi connectivity index (χ2n) is 5.97. The highest BCUT2D eigenvalue weighted by molar-refractivity contribution is 7.86. The molecule has 2 amide bonds. The van der Waals surface area contributed by atoms with Crippen molar-refractivity contribution < 1.29 is 27.0 Å². The Bertz CT molecular complexity index is 1240. The number of imide groups is 1. The van der Waals surface area contributed by atoms with Gasteiger partial charge in [0.05, 0.1) is 23.1 Å². The van der Waals surface area contributed by atoms with Gasteiger partial charge in [-0.25, -0.2) is 0 Å². The summed E-state index contributed by atoms with van der Waals surface area (Å²) >= 11 is 5.76. The van der Waals surface area contributed by atoms with E-state index < -0.39 is 21.9 Å². The molecule has 142 valence electrons. The maximum atomic E-state index is 12.9. The van der Waals surface area contributed by atoms with Crippen LogP contribution in [0.3, 0.4) is 0 Å². The molecule has 9 heteroatoms. The fourth-order valence-electron chi connectivity index (χ4n) is 2.99. The van der Waals surface area contributed by atoms with Crippen LogP contribution in [0, 0.1) is 0 Å². The second kappa shape index (κ2) is 6.59. The molecule has 0 N–H and O–H groups in total. The summed E-state index contributed by atoms with van der Waals surface area (Å²) in [5.41, 5.74) is 0.261. The van der Waals surface area contributed by atoms with Gasteiger partial charge < -0.3 is 4.74 Å². The molecule has 0 saturated heterocycles. The van der Waals surface area contributed by atoms with Gasteiger partial charge in [0.2, 0.25) is 0 Å². The maximum absolute atomic E-state index is 12.9. The van der Waals surface area contributed by atoms with Gasteiger partial charge in [-0.1, -0.05) is 23.7 Å². The van der Waals surface area contributed by atoms with Gasteiger partial charge in [-0.05, 0) is 47.9 Å². The second-order valence-corrected chi connectivity index (χ2v) is 7.93. The number of hydrogen-bond donors (Lipinski definition) is 0. The molecule has 1 aliphatic rings. The third-order valence-corrected chi connectivity index (χ3v) is 5.74. The Kier molecular flexibility index (Phi) is 4.34. The minimum atomic E-state index is -4.44. The van der Waals surface area contributed by atoms with Crippen molar-refractivity contribution in [3.8, 4) is 5.75 Å². The van der Waals surface area contributed by atoms with Crippen LogP contribution < -0.4 is 4.74 Å². The summed E-state index contributed by atoms with van der Waals surface area (Å²) in [5, 5.41) is 1.62. The van der Waals surface area contributed by atoms with Crippen molar-refractivity contribution in [2.75, 3.05) is 7.11 Å². The standard InChI is InChI=1S/C19H12ClNO6S/c1-26-13-9-11-3-2-4-15-17(11)16(10-13)19(23)21(18(15)22)27-28(24,25)14-7-5-12(20)6-8-14/h2-10H,1H3. The van der Waals surface area contributed by atoms with E-state index in [0.717, 1.165) is 0 Å². The molecule has 7 nitrogen and oxygen atoms in total. The predicted octanol–water partition coefficient (Wildman–Crippen LogP) is 3.42. The number of hydroxylamine groups is 2. The monoisotopic (exact) mass is 417 g/mol. The predicted molar refractivity (Wildman–Crippen MR) is 101 cm³/mol. The van der Waals surface area contributed by atoms with E-state index in [4.69, 9.17) is 20.6 Å². The van der Waals surface area contributed by atoms with Crippen molar-refractivity contribution in [3.05, 3.63) is 70.7 Å². The Labute approximate surface area is 165 Å². The lowest BCUT2D eigenvalue weighted by atomic mass is 9.95. The first-order chi connectivity index (χ1) is 13.3. The number of carbonyl (C=O) groups is 2. The maximum Gasteiger partial charge on any atom is 0.318 e. The molecule has 3 aromatic rings. The van der Waals surface area contributed by atoms with Crippen molar-refractivity contribution >= 4 is 44.3 Å². The van der Waals surface area contributed by atoms with Crippen molar-refractivity contribution in [1.29, 1.82) is 0 Å². The first-order valence-corrected chi connectivity index (χ1v) is 9.80. The molecule has 0 fully saturated rings. The van der Waals surface area contributed by atoms with E-state index in [9.17, 15) is 18.0 Å². The molecule has 0 bridgehead atoms. The molecule has 0 aliphatic carbocycles. The third kappa shape index (κ3) is 2.91. The van der Waals surface area contributed by atoms with E-state index in [1.165, 1.54) is 43.5 Å². The Morgan fingerprint density at radius 1 is 0.929 bits per heavy atom. The lowest BCUT2D eigenvalue weighted by Gasteiger charge is -2.25. The molecule has 3 aromatic carbocycles. The van der Waals surface area contributed by atoms with Crippen molar-refractivity contribution in [1.82, 2.24) is 5.06 Å². The highest BCUT2D eigenvalue weighted by Crippen LogP contribution is 2.34. The minimum absolute atomic E-state index is 0.107. The molecular weight excluding hydrogens is 406 g/mol. The average Bonchev–Trinajstić information content (AvgIpc) is 2.69. The number of methoxy groups -OCH3 is 1. The zero-order valence-corrected chi connectivity index (χ0v) is 16.0. The first kappa shape index (κ1) is 18.4. The first-order valence-electron chi connectivity index (χ1n) is 8.01. The van der Waals surface area contributed by atoms with E-state index >= 15 is 0 Å². The Hall–Kier alpha value is -2.94. The van der Waals surface area contributed by atoms with Gasteiger partial charge in [0.1, 0.15) is 5.75 Å². The van der Waals surface area contributed by atoms with Crippen LogP contribution in [0.5, 0.6) is 5.75 Å². The molecule has 1 heterocycles. The summed E-state index contributed by atoms with van der Waals surface area (Å²) in [6, 6.07) is 13.1. The summed E-state index contributed by atoms with van der Waals surface area (Å²) in [5.74, 6) is -1.38. The highest BCUT2D eigenvalue weighted by Gasteiger charge is 2.38. The third-order valence-electron chi connectivity index (χ3n) is 4.29. The van der Waals surface area contributed by atoms with Crippen LogP contribution in [0.2, 0.25) is 5.02 Å². The average molecular weight is 418 g/mol. The molecule has 1 aliphatic heterocycles. The Morgan fingerprint density at radius 3 is 2.29 bits per heavy atom. The molecule has 0 unspecified atom stereocenters. The van der Waals surface area contributed by atoms with Gasteiger partial charge in [-0.15, -0.1) is 9.35 Å². The fourth-order valence-corrected chi connectivity index (χ4v) is 4.00. The Morgan fingerprint density at radius 2 is 1.61 bits per heavy atom. The lowest BCUT2D eigenvalue weighted by Crippen LogP contribution is -2.41. The van der Waals surface area contributed by atoms with Crippen molar-refractivity contribution in [2.24, 2.45) is 0 Å². The SMILES string of the molecule is COc1cc2c3c(cccc3c1)C(=O)N(OS(=O)(=O)c1ccc(Cl)cc1)C2=O. The van der Waals surface area contributed by atoms with E-state index in [2.05, 4.69) is 0 Å². The van der Waals surface area contributed by atoms with E-state index in [1.54, 1.807) is 18.2 Å². The van der Waals surface area contributed by atoms with Crippen LogP contribution >= 0.6 is 11.6 Å². The lowest BCUT2D eigenvalue weighted by molar-refractivity contribution is -0.0155. The molecular formula is C19H12ClNO6S. The highest BCUT2D eigenvalue weighted by atomic mass is 35.5. The summed E-state index contributed by atoms with van der Waals surface area (Å²) < 4.78 is 35.2. The number of nitrogens with zero attached hydrogens (tertiary/aromatic N) is 1. The van der Waals surface area contributed by atoms with Crippen molar-refractivity contribution in [3.63, 3.8) is 0 Å². The van der Waals surface area contributed by atoms with Crippen LogP contribution in [-0.2, 0) is 14.4 Å². The van der Waals surface area contributed by atoms with Gasteiger partial charge >= 0.3 is 10.1 Å². The van der Waals surface area contributed by atoms with E-state index in [1.807, 2.05) is 0 Å². The molecule has 0 aromatic heterocycles. The summed E-state index contributed by atoms with van der Waals surface area (Å²) in [4.78, 5) is 25.4. The molecule has 0 saturated carbocycles. The van der Waals surface area contributed by atoms with E-state index in [-0.39, 0.29) is 21.1 Å². The van der Waals surface area contributed by atoms with Gasteiger partial charge in [-0.3, -0.25) is 9.59 Å². The zero-order valence-electron chi connectivity index (χ0n) is 14.4. The van der Waals surface area contributed by atoms with Crippen LogP contribution in [0.1, 0.15) is 20.7 Å². The van der Waals surface area contributed by atoms with Crippen LogP contribution in [0.15, 0.2) is 59.5 Å². The van der Waals surface area contributed by atoms with Crippen LogP contribution in [0.25, 0.3) is 10.8 Å². The van der Waals surface area contributed by atoms with Crippen molar-refractivity contribution in [2.45, 2.75) is 4.90 Å². The summed E-state index contributed by atoms with van der Waals surface area (Å²) in [6.07, 6.45) is 0. The van der Waals surface area contributed by atoms with Gasteiger partial charge in [0.15, 0.2) is 0 Å². The smallest absolute Gasteiger partial charge is 0.318 e. The number of hydrogen-bond acceptors (Lipinski definition) is 6. The topological polar surface area (TPSA) is 90.0 Å². The molecule has 4 rings (SSSR count). The summed E-state index contributed by atoms with van der Waals surface area (Å²) in [7, 11) is -3.00. The van der Waals surface area contributed by atoms with E-state index in [0.29, 0.717) is 21.5 Å². The van der Waals surface area contributed by atoms with Crippen LogP contribution in [-0.4, -0.2) is 32.4 Å². The summed E-state index contributed by atoms with van der Waals surface area (Å²) in [6.45, 7) is 0. The van der Waals surface area contributed by atoms with Gasteiger partial charge in [0.25, 0.3) is 11.8 Å². The number of halogens is 1.